The van der Waals surface area contributed by atoms with Crippen molar-refractivity contribution in [3.63, 3.8) is 0 Å². The van der Waals surface area contributed by atoms with E-state index >= 15 is 0 Å². The lowest BCUT2D eigenvalue weighted by molar-refractivity contribution is 0.0238. The number of carbonyl (C=O) groups is 1. The molecule has 0 unspecified atom stereocenters. The van der Waals surface area contributed by atoms with Gasteiger partial charge in [0.15, 0.2) is 0 Å². The molecule has 106 valence electrons. The normalized spacial score (nSPS) is 12.4. The maximum Gasteiger partial charge on any atom is 0.339 e. The lowest BCUT2D eigenvalue weighted by atomic mass is 10.1. The molecule has 1 aromatic heterocycles. The predicted molar refractivity (Wildman–Crippen MR) is 74.2 cm³/mol. The molecule has 2 aromatic rings. The highest BCUT2D eigenvalue weighted by Crippen LogP contribution is 2.23. The van der Waals surface area contributed by atoms with Crippen molar-refractivity contribution in [2.75, 3.05) is 0 Å². The maximum absolute atomic E-state index is 12.2. The third-order valence-corrected chi connectivity index (χ3v) is 3.14. The molecule has 0 saturated carbocycles. The first-order valence-electron chi connectivity index (χ1n) is 6.59. The fourth-order valence-electron chi connectivity index (χ4n) is 1.62. The molecule has 5 heteroatoms. The van der Waals surface area contributed by atoms with E-state index in [2.05, 4.69) is 10.2 Å². The number of hydrogen-bond donors (Lipinski definition) is 0. The van der Waals surface area contributed by atoms with E-state index in [9.17, 15) is 4.79 Å². The number of hydrogen-bond acceptors (Lipinski definition) is 5. The zero-order chi connectivity index (χ0) is 14.7. The van der Waals surface area contributed by atoms with Crippen molar-refractivity contribution < 1.29 is 13.9 Å². The smallest absolute Gasteiger partial charge is 0.339 e. The zero-order valence-corrected chi connectivity index (χ0v) is 12.1. The van der Waals surface area contributed by atoms with Gasteiger partial charge in [-0.05, 0) is 25.0 Å². The van der Waals surface area contributed by atoms with Crippen LogP contribution in [0.2, 0.25) is 0 Å². The largest absolute Gasteiger partial charge is 0.459 e. The van der Waals surface area contributed by atoms with Crippen LogP contribution < -0.4 is 0 Å². The lowest BCUT2D eigenvalue weighted by Crippen LogP contribution is -2.20. The Morgan fingerprint density at radius 2 is 1.90 bits per heavy atom. The zero-order valence-electron chi connectivity index (χ0n) is 12.1. The Morgan fingerprint density at radius 3 is 2.50 bits per heavy atom. The molecule has 1 atom stereocenters. The molecule has 0 saturated heterocycles. The van der Waals surface area contributed by atoms with Crippen LogP contribution in [-0.2, 0) is 4.74 Å². The summed E-state index contributed by atoms with van der Waals surface area (Å²) in [5.41, 5.74) is 1.03. The predicted octanol–water partition coefficient (Wildman–Crippen LogP) is 3.25. The van der Waals surface area contributed by atoms with Crippen molar-refractivity contribution in [3.8, 4) is 11.5 Å². The SMILES string of the molecule is Cc1nnc(-c2ccccc2C(=O)O[C@@H](C)C(C)C)o1. The summed E-state index contributed by atoms with van der Waals surface area (Å²) in [7, 11) is 0. The number of aromatic nitrogens is 2. The van der Waals surface area contributed by atoms with E-state index in [1.807, 2.05) is 26.8 Å². The van der Waals surface area contributed by atoms with E-state index in [0.717, 1.165) is 0 Å². The van der Waals surface area contributed by atoms with Gasteiger partial charge >= 0.3 is 5.97 Å². The summed E-state index contributed by atoms with van der Waals surface area (Å²) in [6.45, 7) is 7.59. The Bertz CT molecular complexity index is 605. The number of nitrogens with zero attached hydrogens (tertiary/aromatic N) is 2. The molecule has 0 aliphatic heterocycles. The minimum absolute atomic E-state index is 0.153. The van der Waals surface area contributed by atoms with Crippen LogP contribution in [0, 0.1) is 12.8 Å². The molecule has 0 aliphatic carbocycles. The summed E-state index contributed by atoms with van der Waals surface area (Å²) in [6.07, 6.45) is -0.153. The van der Waals surface area contributed by atoms with Crippen molar-refractivity contribution in [2.24, 2.45) is 5.92 Å². The van der Waals surface area contributed by atoms with Gasteiger partial charge in [-0.15, -0.1) is 10.2 Å². The molecule has 0 N–H and O–H groups in total. The lowest BCUT2D eigenvalue weighted by Gasteiger charge is -2.17. The fourth-order valence-corrected chi connectivity index (χ4v) is 1.62. The van der Waals surface area contributed by atoms with Crippen molar-refractivity contribution >= 4 is 5.97 Å². The molecule has 20 heavy (non-hydrogen) atoms. The van der Waals surface area contributed by atoms with Gasteiger partial charge in [-0.25, -0.2) is 4.79 Å². The van der Waals surface area contributed by atoms with Crippen LogP contribution in [0.15, 0.2) is 28.7 Å². The molecule has 0 aliphatic rings. The highest BCUT2D eigenvalue weighted by atomic mass is 16.5. The molecule has 0 fully saturated rings. The van der Waals surface area contributed by atoms with E-state index in [1.165, 1.54) is 0 Å². The molecular formula is C15H18N2O3. The molecule has 0 radical (unpaired) electrons. The van der Waals surface area contributed by atoms with Crippen LogP contribution in [0.25, 0.3) is 11.5 Å². The quantitative estimate of drug-likeness (QED) is 0.801. The van der Waals surface area contributed by atoms with Crippen LogP contribution in [0.4, 0.5) is 0 Å². The van der Waals surface area contributed by atoms with E-state index in [4.69, 9.17) is 9.15 Å². The van der Waals surface area contributed by atoms with Crippen LogP contribution in [-0.4, -0.2) is 22.3 Å². The Labute approximate surface area is 118 Å². The Hall–Kier alpha value is -2.17. The van der Waals surface area contributed by atoms with Gasteiger partial charge in [0, 0.05) is 6.92 Å². The summed E-state index contributed by atoms with van der Waals surface area (Å²) in [5, 5.41) is 7.73. The molecule has 0 spiro atoms. The van der Waals surface area contributed by atoms with Crippen LogP contribution in [0.1, 0.15) is 37.0 Å². The highest BCUT2D eigenvalue weighted by Gasteiger charge is 2.20. The van der Waals surface area contributed by atoms with Crippen molar-refractivity contribution in [1.82, 2.24) is 10.2 Å². The van der Waals surface area contributed by atoms with Crippen LogP contribution in [0.5, 0.6) is 0 Å². The Kier molecular flexibility index (Phi) is 4.17. The Balaban J connectivity index is 2.31. The molecule has 1 heterocycles. The second-order valence-electron chi connectivity index (χ2n) is 5.03. The summed E-state index contributed by atoms with van der Waals surface area (Å²) in [4.78, 5) is 12.2. The van der Waals surface area contributed by atoms with E-state index in [-0.39, 0.29) is 18.0 Å². The number of benzene rings is 1. The molecule has 2 rings (SSSR count). The van der Waals surface area contributed by atoms with Gasteiger partial charge in [0.2, 0.25) is 11.8 Å². The summed E-state index contributed by atoms with van der Waals surface area (Å²) >= 11 is 0. The first-order valence-corrected chi connectivity index (χ1v) is 6.59. The maximum atomic E-state index is 12.2. The monoisotopic (exact) mass is 274 g/mol. The van der Waals surface area contributed by atoms with Gasteiger partial charge in [0.05, 0.1) is 11.1 Å². The van der Waals surface area contributed by atoms with Crippen molar-refractivity contribution in [1.29, 1.82) is 0 Å². The molecular weight excluding hydrogens is 256 g/mol. The minimum atomic E-state index is -0.377. The third kappa shape index (κ3) is 3.04. The van der Waals surface area contributed by atoms with Crippen molar-refractivity contribution in [3.05, 3.63) is 35.7 Å². The molecule has 0 amide bonds. The molecule has 5 nitrogen and oxygen atoms in total. The average Bonchev–Trinajstić information content (AvgIpc) is 2.85. The van der Waals surface area contributed by atoms with Crippen LogP contribution in [0.3, 0.4) is 0 Å². The topological polar surface area (TPSA) is 65.2 Å². The number of aryl methyl sites for hydroxylation is 1. The van der Waals surface area contributed by atoms with Gasteiger partial charge in [-0.3, -0.25) is 0 Å². The summed E-state index contributed by atoms with van der Waals surface area (Å²) in [5.74, 6) is 0.667. The number of rotatable bonds is 4. The van der Waals surface area contributed by atoms with Crippen LogP contribution >= 0.6 is 0 Å². The average molecular weight is 274 g/mol. The summed E-state index contributed by atoms with van der Waals surface area (Å²) < 4.78 is 10.8. The van der Waals surface area contributed by atoms with Gasteiger partial charge in [-0.1, -0.05) is 26.0 Å². The van der Waals surface area contributed by atoms with E-state index in [1.54, 1.807) is 25.1 Å². The number of carbonyl (C=O) groups excluding carboxylic acids is 1. The van der Waals surface area contributed by atoms with Gasteiger partial charge in [0.1, 0.15) is 6.10 Å². The minimum Gasteiger partial charge on any atom is -0.459 e. The Morgan fingerprint density at radius 1 is 1.20 bits per heavy atom. The third-order valence-electron chi connectivity index (χ3n) is 3.14. The van der Waals surface area contributed by atoms with Gasteiger partial charge < -0.3 is 9.15 Å². The van der Waals surface area contributed by atoms with E-state index in [0.29, 0.717) is 22.9 Å². The summed E-state index contributed by atoms with van der Waals surface area (Å²) in [6, 6.07) is 7.06. The highest BCUT2D eigenvalue weighted by molar-refractivity contribution is 5.96. The standard InChI is InChI=1S/C15H18N2O3/c1-9(2)10(3)19-15(18)13-8-6-5-7-12(13)14-17-16-11(4)20-14/h5-10H,1-4H3/t10-/m0/s1. The van der Waals surface area contributed by atoms with Gasteiger partial charge in [-0.2, -0.15) is 0 Å². The van der Waals surface area contributed by atoms with E-state index < -0.39 is 0 Å². The molecule has 0 bridgehead atoms. The second-order valence-corrected chi connectivity index (χ2v) is 5.03. The molecule has 1 aromatic carbocycles. The number of esters is 1. The fraction of sp³-hybridized carbons (Fsp3) is 0.400. The van der Waals surface area contributed by atoms with Gasteiger partial charge in [0.25, 0.3) is 0 Å². The second kappa shape index (κ2) is 5.86. The first kappa shape index (κ1) is 14.2. The first-order chi connectivity index (χ1) is 9.49. The van der Waals surface area contributed by atoms with Crippen molar-refractivity contribution in [2.45, 2.75) is 33.8 Å². The number of ether oxygens (including phenoxy) is 1.